The first-order chi connectivity index (χ1) is 16.2. The minimum Gasteiger partial charge on any atom is -0.467 e. The van der Waals surface area contributed by atoms with E-state index < -0.39 is 6.03 Å². The topological polar surface area (TPSA) is 65.8 Å². The van der Waals surface area contributed by atoms with E-state index in [0.29, 0.717) is 28.0 Å². The predicted molar refractivity (Wildman–Crippen MR) is 131 cm³/mol. The fourth-order valence-electron chi connectivity index (χ4n) is 3.33. The monoisotopic (exact) mass is 505 g/mol. The molecule has 3 amide bonds. The third-order valence-corrected chi connectivity index (χ3v) is 5.67. The van der Waals surface area contributed by atoms with Gasteiger partial charge in [0, 0.05) is 18.8 Å². The number of nitrogens with one attached hydrogen (secondary N) is 1. The summed E-state index contributed by atoms with van der Waals surface area (Å²) in [7, 11) is 0. The number of anilines is 1. The van der Waals surface area contributed by atoms with Gasteiger partial charge in [-0.2, -0.15) is 0 Å². The van der Waals surface area contributed by atoms with Crippen molar-refractivity contribution in [2.45, 2.75) is 26.9 Å². The Morgan fingerprint density at radius 3 is 2.35 bits per heavy atom. The lowest BCUT2D eigenvalue weighted by Gasteiger charge is -2.28. The highest BCUT2D eigenvalue weighted by Crippen LogP contribution is 2.25. The number of carbonyl (C=O) groups is 2. The molecule has 0 unspecified atom stereocenters. The number of amides is 3. The number of urea groups is 1. The van der Waals surface area contributed by atoms with Gasteiger partial charge in [-0.15, -0.1) is 0 Å². The van der Waals surface area contributed by atoms with Gasteiger partial charge < -0.3 is 19.5 Å². The molecule has 0 saturated carbocycles. The van der Waals surface area contributed by atoms with Crippen molar-refractivity contribution >= 4 is 40.8 Å². The molecule has 6 nitrogen and oxygen atoms in total. The molecule has 1 N–H and O–H groups in total. The minimum absolute atomic E-state index is 0.128. The van der Waals surface area contributed by atoms with Crippen molar-refractivity contribution in [3.8, 4) is 0 Å². The standard InChI is InChI=1S/C25H26Cl2FN3O3/c1-17(2)13-31(25(33)29-20-9-10-22(26)23(27)12-20)16-24(32)30(15-21-4-3-11-34-21)14-18-5-7-19(28)8-6-18/h3-12,17H,13-16H2,1-2H3,(H,29,33). The van der Waals surface area contributed by atoms with Gasteiger partial charge in [-0.25, -0.2) is 9.18 Å². The van der Waals surface area contributed by atoms with Gasteiger partial charge in [-0.05, 0) is 53.9 Å². The molecule has 0 bridgehead atoms. The number of benzene rings is 2. The number of furan rings is 1. The van der Waals surface area contributed by atoms with Crippen LogP contribution in [0.1, 0.15) is 25.2 Å². The van der Waals surface area contributed by atoms with Crippen LogP contribution in [0.25, 0.3) is 0 Å². The summed E-state index contributed by atoms with van der Waals surface area (Å²) in [6.45, 7) is 4.60. The molecule has 9 heteroatoms. The second-order valence-electron chi connectivity index (χ2n) is 8.29. The van der Waals surface area contributed by atoms with E-state index in [1.807, 2.05) is 13.8 Å². The number of nitrogens with zero attached hydrogens (tertiary/aromatic N) is 2. The highest BCUT2D eigenvalue weighted by atomic mass is 35.5. The zero-order chi connectivity index (χ0) is 24.7. The molecule has 180 valence electrons. The highest BCUT2D eigenvalue weighted by Gasteiger charge is 2.23. The second kappa shape index (κ2) is 11.9. The van der Waals surface area contributed by atoms with E-state index in [2.05, 4.69) is 5.32 Å². The molecular formula is C25H26Cl2FN3O3. The SMILES string of the molecule is CC(C)CN(CC(=O)N(Cc1ccc(F)cc1)Cc1ccco1)C(=O)Nc1ccc(Cl)c(Cl)c1. The van der Waals surface area contributed by atoms with E-state index >= 15 is 0 Å². The molecule has 0 fully saturated rings. The molecule has 1 heterocycles. The number of carbonyl (C=O) groups excluding carboxylic acids is 2. The van der Waals surface area contributed by atoms with E-state index in [0.717, 1.165) is 5.56 Å². The van der Waals surface area contributed by atoms with E-state index in [1.165, 1.54) is 23.3 Å². The Bertz CT molecular complexity index is 1110. The Labute approximate surface area is 208 Å². The molecule has 0 aliphatic heterocycles. The molecule has 34 heavy (non-hydrogen) atoms. The van der Waals surface area contributed by atoms with E-state index in [9.17, 15) is 14.0 Å². The lowest BCUT2D eigenvalue weighted by Crippen LogP contribution is -2.45. The summed E-state index contributed by atoms with van der Waals surface area (Å²) in [6.07, 6.45) is 1.53. The molecular weight excluding hydrogens is 480 g/mol. The Hall–Kier alpha value is -3.03. The molecule has 0 atom stereocenters. The summed E-state index contributed by atoms with van der Waals surface area (Å²) >= 11 is 12.0. The van der Waals surface area contributed by atoms with Gasteiger partial charge in [0.1, 0.15) is 18.1 Å². The first kappa shape index (κ1) is 25.6. The Kier molecular flexibility index (Phi) is 8.96. The maximum Gasteiger partial charge on any atom is 0.322 e. The Morgan fingerprint density at radius 1 is 1.00 bits per heavy atom. The Morgan fingerprint density at radius 2 is 1.74 bits per heavy atom. The van der Waals surface area contributed by atoms with Gasteiger partial charge in [0.2, 0.25) is 5.91 Å². The maximum absolute atomic E-state index is 13.3. The smallest absolute Gasteiger partial charge is 0.322 e. The van der Waals surface area contributed by atoms with Gasteiger partial charge in [0.15, 0.2) is 0 Å². The van der Waals surface area contributed by atoms with E-state index in [-0.39, 0.29) is 37.3 Å². The summed E-state index contributed by atoms with van der Waals surface area (Å²) < 4.78 is 18.8. The average Bonchev–Trinajstić information content (AvgIpc) is 3.29. The molecule has 0 aliphatic carbocycles. The first-order valence-corrected chi connectivity index (χ1v) is 11.5. The second-order valence-corrected chi connectivity index (χ2v) is 9.10. The van der Waals surface area contributed by atoms with Crippen molar-refractivity contribution in [2.24, 2.45) is 5.92 Å². The van der Waals surface area contributed by atoms with Crippen LogP contribution in [-0.4, -0.2) is 34.8 Å². The van der Waals surface area contributed by atoms with Gasteiger partial charge >= 0.3 is 6.03 Å². The van der Waals surface area contributed by atoms with Gasteiger partial charge in [-0.3, -0.25) is 4.79 Å². The Balaban J connectivity index is 1.76. The number of rotatable bonds is 9. The minimum atomic E-state index is -0.430. The van der Waals surface area contributed by atoms with Crippen LogP contribution in [-0.2, 0) is 17.9 Å². The number of hydrogen-bond acceptors (Lipinski definition) is 3. The van der Waals surface area contributed by atoms with Crippen molar-refractivity contribution < 1.29 is 18.4 Å². The van der Waals surface area contributed by atoms with E-state index in [1.54, 1.807) is 47.4 Å². The zero-order valence-corrected chi connectivity index (χ0v) is 20.4. The number of hydrogen-bond donors (Lipinski definition) is 1. The summed E-state index contributed by atoms with van der Waals surface area (Å²) in [6, 6.07) is 13.8. The third kappa shape index (κ3) is 7.50. The normalized spacial score (nSPS) is 10.9. The van der Waals surface area contributed by atoms with Crippen LogP contribution in [0.5, 0.6) is 0 Å². The molecule has 3 rings (SSSR count). The van der Waals surface area contributed by atoms with Crippen LogP contribution >= 0.6 is 23.2 Å². The van der Waals surface area contributed by atoms with Crippen LogP contribution in [0.2, 0.25) is 10.0 Å². The first-order valence-electron chi connectivity index (χ1n) is 10.8. The molecule has 2 aromatic carbocycles. The van der Waals surface area contributed by atoms with Crippen LogP contribution < -0.4 is 5.32 Å². The summed E-state index contributed by atoms with van der Waals surface area (Å²) in [5, 5.41) is 3.47. The molecule has 0 spiro atoms. The summed E-state index contributed by atoms with van der Waals surface area (Å²) in [5.74, 6) is 0.106. The van der Waals surface area contributed by atoms with Crippen molar-refractivity contribution in [2.75, 3.05) is 18.4 Å². The fourth-order valence-corrected chi connectivity index (χ4v) is 3.63. The van der Waals surface area contributed by atoms with E-state index in [4.69, 9.17) is 27.6 Å². The zero-order valence-electron chi connectivity index (χ0n) is 18.9. The van der Waals surface area contributed by atoms with Crippen molar-refractivity contribution in [3.05, 3.63) is 88.0 Å². The van der Waals surface area contributed by atoms with Crippen molar-refractivity contribution in [3.63, 3.8) is 0 Å². The van der Waals surface area contributed by atoms with Gasteiger partial charge in [0.25, 0.3) is 0 Å². The molecule has 1 aromatic heterocycles. The molecule has 0 radical (unpaired) electrons. The van der Waals surface area contributed by atoms with Crippen molar-refractivity contribution in [1.82, 2.24) is 9.80 Å². The predicted octanol–water partition coefficient (Wildman–Crippen LogP) is 6.44. The molecule has 3 aromatic rings. The fraction of sp³-hybridized carbons (Fsp3) is 0.280. The summed E-state index contributed by atoms with van der Waals surface area (Å²) in [4.78, 5) is 29.4. The maximum atomic E-state index is 13.3. The largest absolute Gasteiger partial charge is 0.467 e. The van der Waals surface area contributed by atoms with Crippen LogP contribution in [0, 0.1) is 11.7 Å². The lowest BCUT2D eigenvalue weighted by molar-refractivity contribution is -0.133. The van der Waals surface area contributed by atoms with Crippen molar-refractivity contribution in [1.29, 1.82) is 0 Å². The lowest BCUT2D eigenvalue weighted by atomic mass is 10.2. The van der Waals surface area contributed by atoms with Gasteiger partial charge in [-0.1, -0.05) is 49.2 Å². The highest BCUT2D eigenvalue weighted by molar-refractivity contribution is 6.42. The molecule has 0 aliphatic rings. The quantitative estimate of drug-likeness (QED) is 0.363. The average molecular weight is 506 g/mol. The molecule has 0 saturated heterocycles. The van der Waals surface area contributed by atoms with Crippen LogP contribution in [0.15, 0.2) is 65.3 Å². The third-order valence-electron chi connectivity index (χ3n) is 4.94. The summed E-state index contributed by atoms with van der Waals surface area (Å²) in [5.41, 5.74) is 1.23. The van der Waals surface area contributed by atoms with Crippen LogP contribution in [0.3, 0.4) is 0 Å². The van der Waals surface area contributed by atoms with Crippen LogP contribution in [0.4, 0.5) is 14.9 Å². The van der Waals surface area contributed by atoms with Gasteiger partial charge in [0.05, 0.1) is 22.9 Å². The number of halogens is 3.